The van der Waals surface area contributed by atoms with Crippen molar-refractivity contribution in [3.63, 3.8) is 0 Å². The van der Waals surface area contributed by atoms with E-state index in [0.29, 0.717) is 33.9 Å². The van der Waals surface area contributed by atoms with Crippen molar-refractivity contribution in [3.05, 3.63) is 101 Å². The number of carbonyl (C=O) groups is 1. The molecule has 0 aliphatic carbocycles. The summed E-state index contributed by atoms with van der Waals surface area (Å²) in [6.45, 7) is 7.64. The maximum Gasteiger partial charge on any atom is 0.207 e. The van der Waals surface area contributed by atoms with Crippen LogP contribution in [0.15, 0.2) is 89.9 Å². The molecule has 0 bridgehead atoms. The molecular weight excluding hydrogens is 460 g/mol. The molecule has 0 amide bonds. The lowest BCUT2D eigenvalue weighted by Crippen LogP contribution is -2.29. The molecule has 2 rings (SSSR count). The SMILES string of the molecule is C=CC(=C\C=C/C)/C(=C/S)C(=N)C(=O)C(Nc1cc(OC)cc(OCCO)c1)c1ccc(C)cc1. The molecule has 2 aromatic rings. The number of ketones is 1. The summed E-state index contributed by atoms with van der Waals surface area (Å²) >= 11 is 4.26. The van der Waals surface area contributed by atoms with Crippen LogP contribution in [0.5, 0.6) is 11.5 Å². The maximum atomic E-state index is 13.7. The molecule has 0 aliphatic heterocycles. The summed E-state index contributed by atoms with van der Waals surface area (Å²) in [4.78, 5) is 13.7. The van der Waals surface area contributed by atoms with Gasteiger partial charge in [-0.2, -0.15) is 12.6 Å². The highest BCUT2D eigenvalue weighted by Crippen LogP contribution is 2.30. The molecule has 2 aromatic carbocycles. The van der Waals surface area contributed by atoms with Crippen molar-refractivity contribution in [1.82, 2.24) is 0 Å². The van der Waals surface area contributed by atoms with E-state index in [0.717, 1.165) is 5.56 Å². The van der Waals surface area contributed by atoms with Crippen molar-refractivity contribution in [2.24, 2.45) is 0 Å². The van der Waals surface area contributed by atoms with Gasteiger partial charge in [0.2, 0.25) is 5.78 Å². The zero-order valence-corrected chi connectivity index (χ0v) is 21.1. The number of carbonyl (C=O) groups excluding carboxylic acids is 1. The minimum Gasteiger partial charge on any atom is -0.497 e. The van der Waals surface area contributed by atoms with Crippen LogP contribution >= 0.6 is 12.6 Å². The Kier molecular flexibility index (Phi) is 11.1. The van der Waals surface area contributed by atoms with Crippen LogP contribution in [0.3, 0.4) is 0 Å². The number of anilines is 1. The van der Waals surface area contributed by atoms with Crippen molar-refractivity contribution in [3.8, 4) is 11.5 Å². The largest absolute Gasteiger partial charge is 0.497 e. The summed E-state index contributed by atoms with van der Waals surface area (Å²) in [5, 5.41) is 22.5. The highest BCUT2D eigenvalue weighted by Gasteiger charge is 2.27. The van der Waals surface area contributed by atoms with E-state index in [9.17, 15) is 4.79 Å². The lowest BCUT2D eigenvalue weighted by Gasteiger charge is -2.22. The van der Waals surface area contributed by atoms with Gasteiger partial charge in [-0.05, 0) is 30.4 Å². The van der Waals surface area contributed by atoms with Gasteiger partial charge < -0.3 is 19.9 Å². The number of aryl methyl sites for hydroxylation is 1. The van der Waals surface area contributed by atoms with Gasteiger partial charge in [0, 0.05) is 29.5 Å². The number of hydrogen-bond acceptors (Lipinski definition) is 7. The lowest BCUT2D eigenvalue weighted by molar-refractivity contribution is -0.113. The van der Waals surface area contributed by atoms with E-state index in [4.69, 9.17) is 20.0 Å². The molecule has 0 aliphatic rings. The average molecular weight is 493 g/mol. The Balaban J connectivity index is 2.51. The first-order chi connectivity index (χ1) is 16.9. The van der Waals surface area contributed by atoms with Crippen molar-refractivity contribution < 1.29 is 19.4 Å². The fraction of sp³-hybridized carbons (Fsp3) is 0.214. The molecule has 0 saturated heterocycles. The highest BCUT2D eigenvalue weighted by atomic mass is 32.1. The van der Waals surface area contributed by atoms with E-state index >= 15 is 0 Å². The van der Waals surface area contributed by atoms with Gasteiger partial charge in [0.15, 0.2) is 0 Å². The van der Waals surface area contributed by atoms with Crippen molar-refractivity contribution in [2.75, 3.05) is 25.6 Å². The first-order valence-corrected chi connectivity index (χ1v) is 11.6. The number of aliphatic hydroxyl groups is 1. The molecule has 0 aromatic heterocycles. The molecule has 6 nitrogen and oxygen atoms in total. The molecular formula is C28H32N2O4S. The molecule has 35 heavy (non-hydrogen) atoms. The number of methoxy groups -OCH3 is 1. The van der Waals surface area contributed by atoms with E-state index < -0.39 is 11.8 Å². The van der Waals surface area contributed by atoms with Gasteiger partial charge >= 0.3 is 0 Å². The first kappa shape index (κ1) is 27.7. The normalized spacial score (nSPS) is 12.8. The predicted octanol–water partition coefficient (Wildman–Crippen LogP) is 5.62. The maximum absolute atomic E-state index is 13.7. The Morgan fingerprint density at radius 2 is 1.91 bits per heavy atom. The van der Waals surface area contributed by atoms with Crippen LogP contribution in [0.2, 0.25) is 0 Å². The van der Waals surface area contributed by atoms with E-state index in [-0.39, 0.29) is 18.9 Å². The second-order valence-corrected chi connectivity index (χ2v) is 7.85. The second kappa shape index (κ2) is 14.0. The number of hydrogen-bond donors (Lipinski definition) is 4. The number of ether oxygens (including phenoxy) is 2. The Morgan fingerprint density at radius 1 is 1.23 bits per heavy atom. The van der Waals surface area contributed by atoms with E-state index in [1.54, 1.807) is 30.4 Å². The number of Topliss-reactive ketones (excluding diaryl/α,β-unsaturated/α-hetero) is 1. The van der Waals surface area contributed by atoms with Crippen molar-refractivity contribution in [1.29, 1.82) is 5.41 Å². The quantitative estimate of drug-likeness (QED) is 0.166. The molecule has 0 radical (unpaired) electrons. The summed E-state index contributed by atoms with van der Waals surface area (Å²) in [6, 6.07) is 11.8. The minimum absolute atomic E-state index is 0.122. The third-order valence-corrected chi connectivity index (χ3v) is 5.36. The molecule has 0 fully saturated rings. The average Bonchev–Trinajstić information content (AvgIpc) is 2.88. The van der Waals surface area contributed by atoms with Crippen LogP contribution in [-0.4, -0.2) is 36.9 Å². The van der Waals surface area contributed by atoms with Crippen LogP contribution in [0, 0.1) is 12.3 Å². The van der Waals surface area contributed by atoms with E-state index in [1.165, 1.54) is 12.5 Å². The zero-order chi connectivity index (χ0) is 25.8. The van der Waals surface area contributed by atoms with Gasteiger partial charge in [-0.15, -0.1) is 0 Å². The predicted molar refractivity (Wildman–Crippen MR) is 146 cm³/mol. The van der Waals surface area contributed by atoms with Crippen LogP contribution in [-0.2, 0) is 4.79 Å². The topological polar surface area (TPSA) is 91.6 Å². The standard InChI is InChI=1S/C28H32N2O4S/c1-5-7-8-20(6-2)25(18-35)26(29)28(32)27(21-11-9-19(3)10-12-21)30-22-15-23(33-4)17-24(16-22)34-14-13-31/h5-12,15-18,27,29-31,35H,2,13-14H2,1,3-4H3/b7-5-,20-8+,25-18-,29-26?. The molecule has 0 spiro atoms. The fourth-order valence-electron chi connectivity index (χ4n) is 3.27. The van der Waals surface area contributed by atoms with Crippen LogP contribution in [0.1, 0.15) is 24.1 Å². The van der Waals surface area contributed by atoms with Gasteiger partial charge in [-0.3, -0.25) is 10.2 Å². The number of thiol groups is 1. The summed E-state index contributed by atoms with van der Waals surface area (Å²) in [5.41, 5.74) is 3.09. The van der Waals surface area contributed by atoms with Gasteiger partial charge in [0.05, 0.1) is 13.7 Å². The first-order valence-electron chi connectivity index (χ1n) is 11.1. The van der Waals surface area contributed by atoms with Crippen molar-refractivity contribution >= 4 is 29.8 Å². The van der Waals surface area contributed by atoms with Gasteiger partial charge in [0.25, 0.3) is 0 Å². The number of rotatable bonds is 13. The minimum atomic E-state index is -0.864. The molecule has 1 atom stereocenters. The lowest BCUT2D eigenvalue weighted by atomic mass is 9.92. The highest BCUT2D eigenvalue weighted by molar-refractivity contribution is 7.83. The number of allylic oxidation sites excluding steroid dienone is 6. The van der Waals surface area contributed by atoms with Crippen LogP contribution in [0.25, 0.3) is 0 Å². The summed E-state index contributed by atoms with van der Waals surface area (Å²) < 4.78 is 10.9. The molecule has 1 unspecified atom stereocenters. The zero-order valence-electron chi connectivity index (χ0n) is 20.2. The van der Waals surface area contributed by atoms with E-state index in [2.05, 4.69) is 24.5 Å². The molecule has 184 valence electrons. The fourth-order valence-corrected chi connectivity index (χ4v) is 3.55. The second-order valence-electron chi connectivity index (χ2n) is 7.59. The van der Waals surface area contributed by atoms with Gasteiger partial charge in [-0.1, -0.05) is 60.7 Å². The van der Waals surface area contributed by atoms with Crippen LogP contribution in [0.4, 0.5) is 5.69 Å². The Bertz CT molecular complexity index is 1130. The molecule has 0 heterocycles. The summed E-state index contributed by atoms with van der Waals surface area (Å²) in [5.74, 6) is 0.556. The Morgan fingerprint density at radius 3 is 2.49 bits per heavy atom. The molecule has 7 heteroatoms. The monoisotopic (exact) mass is 492 g/mol. The van der Waals surface area contributed by atoms with Gasteiger partial charge in [0.1, 0.15) is 29.9 Å². The third kappa shape index (κ3) is 7.73. The number of benzene rings is 2. The smallest absolute Gasteiger partial charge is 0.207 e. The summed E-state index contributed by atoms with van der Waals surface area (Å²) in [6.07, 6.45) is 7.02. The number of aliphatic hydroxyl groups excluding tert-OH is 1. The number of nitrogens with one attached hydrogen (secondary N) is 2. The summed E-state index contributed by atoms with van der Waals surface area (Å²) in [7, 11) is 1.53. The molecule has 0 saturated carbocycles. The van der Waals surface area contributed by atoms with Crippen LogP contribution < -0.4 is 14.8 Å². The Labute approximate surface area is 212 Å². The van der Waals surface area contributed by atoms with E-state index in [1.807, 2.05) is 50.3 Å². The third-order valence-electron chi connectivity index (χ3n) is 5.10. The van der Waals surface area contributed by atoms with Gasteiger partial charge in [-0.25, -0.2) is 0 Å². The van der Waals surface area contributed by atoms with Crippen molar-refractivity contribution in [2.45, 2.75) is 19.9 Å². The Hall–Kier alpha value is -3.55. The molecule has 3 N–H and O–H groups in total.